The predicted molar refractivity (Wildman–Crippen MR) is 70.9 cm³/mol. The first kappa shape index (κ1) is 11.7. The minimum absolute atomic E-state index is 0.0284. The average Bonchev–Trinajstić information content (AvgIpc) is 3.02. The van der Waals surface area contributed by atoms with Gasteiger partial charge in [-0.25, -0.2) is 4.98 Å². The van der Waals surface area contributed by atoms with Gasteiger partial charge in [-0.05, 0) is 12.1 Å². The molecule has 1 saturated heterocycles. The number of aromatic amines is 1. The molecule has 1 fully saturated rings. The maximum absolute atomic E-state index is 12.1. The van der Waals surface area contributed by atoms with E-state index in [9.17, 15) is 4.79 Å². The summed E-state index contributed by atoms with van der Waals surface area (Å²) < 4.78 is 0. The summed E-state index contributed by atoms with van der Waals surface area (Å²) in [7, 11) is 0. The van der Waals surface area contributed by atoms with Gasteiger partial charge in [0.25, 0.3) is 5.91 Å². The molecule has 98 valence electrons. The normalized spacial score (nSPS) is 15.6. The Kier molecular flexibility index (Phi) is 3.14. The van der Waals surface area contributed by atoms with Crippen molar-refractivity contribution in [2.45, 2.75) is 0 Å². The number of nitrogens with one attached hydrogen (secondary N) is 1. The minimum Gasteiger partial charge on any atom is -0.368 e. The summed E-state index contributed by atoms with van der Waals surface area (Å²) in [6, 6.07) is 3.98. The van der Waals surface area contributed by atoms with Gasteiger partial charge < -0.3 is 14.8 Å². The summed E-state index contributed by atoms with van der Waals surface area (Å²) in [6.07, 6.45) is 6.84. The third-order valence-electron chi connectivity index (χ3n) is 3.30. The van der Waals surface area contributed by atoms with Crippen LogP contribution in [0.4, 0.5) is 5.69 Å². The lowest BCUT2D eigenvalue weighted by molar-refractivity contribution is 0.0735. The Bertz CT molecular complexity index is 531. The number of carbonyl (C=O) groups is 1. The zero-order chi connectivity index (χ0) is 13.1. The van der Waals surface area contributed by atoms with Gasteiger partial charge in [0.1, 0.15) is 0 Å². The van der Waals surface area contributed by atoms with Crippen LogP contribution in [0.3, 0.4) is 0 Å². The summed E-state index contributed by atoms with van der Waals surface area (Å²) in [5, 5.41) is 0. The number of aromatic nitrogens is 3. The average molecular weight is 257 g/mol. The van der Waals surface area contributed by atoms with Gasteiger partial charge in [-0.15, -0.1) is 0 Å². The van der Waals surface area contributed by atoms with E-state index in [1.165, 1.54) is 0 Å². The molecular formula is C13H15N5O. The van der Waals surface area contributed by atoms with Gasteiger partial charge in [0.2, 0.25) is 0 Å². The van der Waals surface area contributed by atoms with E-state index in [-0.39, 0.29) is 5.91 Å². The monoisotopic (exact) mass is 257 g/mol. The second-order valence-electron chi connectivity index (χ2n) is 4.42. The molecule has 1 aliphatic rings. The van der Waals surface area contributed by atoms with Gasteiger partial charge in [-0.1, -0.05) is 0 Å². The number of pyridine rings is 1. The number of piperazine rings is 1. The van der Waals surface area contributed by atoms with E-state index in [1.54, 1.807) is 24.8 Å². The molecular weight excluding hydrogens is 242 g/mol. The second kappa shape index (κ2) is 5.09. The van der Waals surface area contributed by atoms with Crippen molar-refractivity contribution >= 4 is 11.6 Å². The Morgan fingerprint density at radius 3 is 2.47 bits per heavy atom. The first-order valence-electron chi connectivity index (χ1n) is 6.28. The smallest absolute Gasteiger partial charge is 0.289 e. The lowest BCUT2D eigenvalue weighted by Crippen LogP contribution is -2.49. The molecule has 1 aliphatic heterocycles. The molecule has 1 amide bonds. The Morgan fingerprint density at radius 1 is 1.11 bits per heavy atom. The fourth-order valence-corrected chi connectivity index (χ4v) is 2.25. The highest BCUT2D eigenvalue weighted by atomic mass is 16.2. The maximum atomic E-state index is 12.1. The molecule has 6 heteroatoms. The lowest BCUT2D eigenvalue weighted by atomic mass is 10.2. The number of anilines is 1. The number of rotatable bonds is 2. The SMILES string of the molecule is O=C(c1ncc[nH]1)N1CCN(c2ccncc2)CC1. The van der Waals surface area contributed by atoms with Gasteiger partial charge in [-0.3, -0.25) is 9.78 Å². The highest BCUT2D eigenvalue weighted by Gasteiger charge is 2.23. The van der Waals surface area contributed by atoms with Crippen LogP contribution in [0, 0.1) is 0 Å². The summed E-state index contributed by atoms with van der Waals surface area (Å²) >= 11 is 0. The van der Waals surface area contributed by atoms with Crippen LogP contribution in [0.15, 0.2) is 36.9 Å². The summed E-state index contributed by atoms with van der Waals surface area (Å²) in [4.78, 5) is 27.1. The van der Waals surface area contributed by atoms with Crippen LogP contribution in [-0.4, -0.2) is 51.9 Å². The van der Waals surface area contributed by atoms with Gasteiger partial charge in [0, 0.05) is 56.7 Å². The molecule has 3 heterocycles. The van der Waals surface area contributed by atoms with E-state index >= 15 is 0 Å². The molecule has 19 heavy (non-hydrogen) atoms. The number of imidazole rings is 1. The van der Waals surface area contributed by atoms with Gasteiger partial charge in [0.15, 0.2) is 5.82 Å². The number of carbonyl (C=O) groups excluding carboxylic acids is 1. The maximum Gasteiger partial charge on any atom is 0.289 e. The molecule has 0 saturated carbocycles. The fraction of sp³-hybridized carbons (Fsp3) is 0.308. The van der Waals surface area contributed by atoms with Gasteiger partial charge >= 0.3 is 0 Å². The minimum atomic E-state index is -0.0284. The molecule has 1 N–H and O–H groups in total. The van der Waals surface area contributed by atoms with Crippen LogP contribution < -0.4 is 4.90 Å². The van der Waals surface area contributed by atoms with Crippen molar-refractivity contribution in [1.29, 1.82) is 0 Å². The molecule has 2 aromatic rings. The van der Waals surface area contributed by atoms with Crippen molar-refractivity contribution in [3.05, 3.63) is 42.7 Å². The largest absolute Gasteiger partial charge is 0.368 e. The highest BCUT2D eigenvalue weighted by molar-refractivity contribution is 5.90. The van der Waals surface area contributed by atoms with Crippen LogP contribution in [0.1, 0.15) is 10.6 Å². The molecule has 0 unspecified atom stereocenters. The number of amides is 1. The van der Waals surface area contributed by atoms with Crippen LogP contribution in [-0.2, 0) is 0 Å². The first-order chi connectivity index (χ1) is 9.34. The molecule has 0 bridgehead atoms. The summed E-state index contributed by atoms with van der Waals surface area (Å²) in [6.45, 7) is 3.08. The van der Waals surface area contributed by atoms with E-state index in [2.05, 4.69) is 19.9 Å². The second-order valence-corrected chi connectivity index (χ2v) is 4.42. The molecule has 6 nitrogen and oxygen atoms in total. The van der Waals surface area contributed by atoms with Crippen molar-refractivity contribution in [1.82, 2.24) is 19.9 Å². The quantitative estimate of drug-likeness (QED) is 0.863. The molecule has 0 spiro atoms. The van der Waals surface area contributed by atoms with Crippen LogP contribution >= 0.6 is 0 Å². The topological polar surface area (TPSA) is 65.1 Å². The van der Waals surface area contributed by atoms with Crippen molar-refractivity contribution in [3.8, 4) is 0 Å². The Morgan fingerprint density at radius 2 is 1.84 bits per heavy atom. The first-order valence-corrected chi connectivity index (χ1v) is 6.28. The predicted octanol–water partition coefficient (Wildman–Crippen LogP) is 0.767. The third kappa shape index (κ3) is 2.42. The number of hydrogen-bond donors (Lipinski definition) is 1. The fourth-order valence-electron chi connectivity index (χ4n) is 2.25. The number of hydrogen-bond acceptors (Lipinski definition) is 4. The van der Waals surface area contributed by atoms with Gasteiger partial charge in [0.05, 0.1) is 0 Å². The van der Waals surface area contributed by atoms with Crippen molar-refractivity contribution in [2.75, 3.05) is 31.1 Å². The van der Waals surface area contributed by atoms with Crippen LogP contribution in [0.2, 0.25) is 0 Å². The number of nitrogens with zero attached hydrogens (tertiary/aromatic N) is 4. The van der Waals surface area contributed by atoms with Crippen LogP contribution in [0.5, 0.6) is 0 Å². The highest BCUT2D eigenvalue weighted by Crippen LogP contribution is 2.15. The molecule has 0 aromatic carbocycles. The Labute approximate surface area is 111 Å². The Balaban J connectivity index is 1.62. The molecule has 0 radical (unpaired) electrons. The van der Waals surface area contributed by atoms with E-state index in [1.807, 2.05) is 17.0 Å². The van der Waals surface area contributed by atoms with Crippen LogP contribution in [0.25, 0.3) is 0 Å². The van der Waals surface area contributed by atoms with Crippen molar-refractivity contribution in [2.24, 2.45) is 0 Å². The zero-order valence-corrected chi connectivity index (χ0v) is 10.5. The zero-order valence-electron chi connectivity index (χ0n) is 10.5. The lowest BCUT2D eigenvalue weighted by Gasteiger charge is -2.35. The molecule has 0 atom stereocenters. The van der Waals surface area contributed by atoms with Gasteiger partial charge in [-0.2, -0.15) is 0 Å². The van der Waals surface area contributed by atoms with E-state index in [4.69, 9.17) is 0 Å². The molecule has 2 aromatic heterocycles. The van der Waals surface area contributed by atoms with Crippen molar-refractivity contribution < 1.29 is 4.79 Å². The van der Waals surface area contributed by atoms with Crippen molar-refractivity contribution in [3.63, 3.8) is 0 Å². The molecule has 0 aliphatic carbocycles. The molecule has 3 rings (SSSR count). The Hall–Kier alpha value is -2.37. The third-order valence-corrected chi connectivity index (χ3v) is 3.30. The number of H-pyrrole nitrogens is 1. The van der Waals surface area contributed by atoms with E-state index < -0.39 is 0 Å². The summed E-state index contributed by atoms with van der Waals surface area (Å²) in [5.74, 6) is 0.386. The van der Waals surface area contributed by atoms with E-state index in [0.717, 1.165) is 18.8 Å². The standard InChI is InChI=1S/C13H15N5O/c19-13(12-15-5-6-16-12)18-9-7-17(8-10-18)11-1-3-14-4-2-11/h1-6H,7-10H2,(H,15,16). The summed E-state index contributed by atoms with van der Waals surface area (Å²) in [5.41, 5.74) is 1.15. The van der Waals surface area contributed by atoms with E-state index in [0.29, 0.717) is 18.9 Å².